The SMILES string of the molecule is O=C(OC(C(=O)N1CCOCC1)c1ccccc1)C1CCN(c2nc3ccccc3o2)CC1. The number of ether oxygens (including phenoxy) is 2. The van der Waals surface area contributed by atoms with Crippen LogP contribution in [0.1, 0.15) is 24.5 Å². The molecule has 0 saturated carbocycles. The van der Waals surface area contributed by atoms with Gasteiger partial charge in [-0.1, -0.05) is 42.5 Å². The number of amides is 1. The number of hydrogen-bond donors (Lipinski definition) is 0. The normalized spacial score (nSPS) is 18.3. The number of hydrogen-bond acceptors (Lipinski definition) is 7. The zero-order chi connectivity index (χ0) is 22.6. The second-order valence-corrected chi connectivity index (χ2v) is 8.39. The van der Waals surface area contributed by atoms with Crippen molar-refractivity contribution in [3.63, 3.8) is 0 Å². The third-order valence-corrected chi connectivity index (χ3v) is 6.26. The molecular weight excluding hydrogens is 422 g/mol. The summed E-state index contributed by atoms with van der Waals surface area (Å²) in [6.45, 7) is 3.27. The molecular formula is C25H27N3O5. The smallest absolute Gasteiger partial charge is 0.310 e. The summed E-state index contributed by atoms with van der Waals surface area (Å²) in [4.78, 5) is 34.6. The van der Waals surface area contributed by atoms with Crippen molar-refractivity contribution >= 4 is 29.0 Å². The number of nitrogens with zero attached hydrogens (tertiary/aromatic N) is 3. The van der Waals surface area contributed by atoms with Gasteiger partial charge in [-0.25, -0.2) is 0 Å². The molecule has 1 aromatic heterocycles. The Morgan fingerprint density at radius 3 is 2.36 bits per heavy atom. The van der Waals surface area contributed by atoms with E-state index in [0.717, 1.165) is 11.1 Å². The Bertz CT molecular complexity index is 1070. The van der Waals surface area contributed by atoms with E-state index >= 15 is 0 Å². The maximum absolute atomic E-state index is 13.2. The molecule has 0 bridgehead atoms. The van der Waals surface area contributed by atoms with Gasteiger partial charge in [-0.15, -0.1) is 0 Å². The molecule has 3 heterocycles. The van der Waals surface area contributed by atoms with Crippen molar-refractivity contribution in [3.8, 4) is 0 Å². The van der Waals surface area contributed by atoms with Crippen molar-refractivity contribution in [1.29, 1.82) is 0 Å². The van der Waals surface area contributed by atoms with E-state index in [2.05, 4.69) is 9.88 Å². The highest BCUT2D eigenvalue weighted by molar-refractivity contribution is 5.85. The van der Waals surface area contributed by atoms with Crippen LogP contribution in [-0.2, 0) is 19.1 Å². The van der Waals surface area contributed by atoms with Crippen molar-refractivity contribution < 1.29 is 23.5 Å². The van der Waals surface area contributed by atoms with Crippen LogP contribution < -0.4 is 4.90 Å². The Labute approximate surface area is 192 Å². The van der Waals surface area contributed by atoms with Crippen molar-refractivity contribution in [2.45, 2.75) is 18.9 Å². The van der Waals surface area contributed by atoms with E-state index in [1.807, 2.05) is 54.6 Å². The first-order valence-electron chi connectivity index (χ1n) is 11.4. The summed E-state index contributed by atoms with van der Waals surface area (Å²) >= 11 is 0. The van der Waals surface area contributed by atoms with Gasteiger partial charge in [0, 0.05) is 31.7 Å². The van der Waals surface area contributed by atoms with Crippen molar-refractivity contribution in [3.05, 3.63) is 60.2 Å². The van der Waals surface area contributed by atoms with Gasteiger partial charge in [0.2, 0.25) is 6.10 Å². The lowest BCUT2D eigenvalue weighted by atomic mass is 9.97. The molecule has 0 aliphatic carbocycles. The number of anilines is 1. The summed E-state index contributed by atoms with van der Waals surface area (Å²) < 4.78 is 17.1. The fourth-order valence-corrected chi connectivity index (χ4v) is 4.35. The van der Waals surface area contributed by atoms with Gasteiger partial charge < -0.3 is 23.7 Å². The monoisotopic (exact) mass is 449 g/mol. The number of carbonyl (C=O) groups is 2. The molecule has 0 N–H and O–H groups in total. The molecule has 2 fully saturated rings. The van der Waals surface area contributed by atoms with Crippen LogP contribution in [0.3, 0.4) is 0 Å². The van der Waals surface area contributed by atoms with Crippen molar-refractivity contribution in [2.24, 2.45) is 5.92 Å². The van der Waals surface area contributed by atoms with Crippen LogP contribution in [0.4, 0.5) is 6.01 Å². The molecule has 2 aliphatic rings. The lowest BCUT2D eigenvalue weighted by Gasteiger charge is -2.32. The van der Waals surface area contributed by atoms with Crippen molar-refractivity contribution in [2.75, 3.05) is 44.3 Å². The minimum Gasteiger partial charge on any atom is -0.447 e. The molecule has 5 rings (SSSR count). The fraction of sp³-hybridized carbons (Fsp3) is 0.400. The average molecular weight is 450 g/mol. The zero-order valence-corrected chi connectivity index (χ0v) is 18.4. The Morgan fingerprint density at radius 1 is 0.939 bits per heavy atom. The maximum Gasteiger partial charge on any atom is 0.310 e. The number of benzene rings is 2. The molecule has 1 atom stereocenters. The number of piperidine rings is 1. The van der Waals surface area contributed by atoms with Crippen molar-refractivity contribution in [1.82, 2.24) is 9.88 Å². The first kappa shape index (κ1) is 21.5. The number of oxazole rings is 1. The minimum atomic E-state index is -0.938. The van der Waals surface area contributed by atoms with E-state index < -0.39 is 6.10 Å². The molecule has 8 heteroatoms. The quantitative estimate of drug-likeness (QED) is 0.553. The van der Waals surface area contributed by atoms with Crippen LogP contribution >= 0.6 is 0 Å². The van der Waals surface area contributed by atoms with Crippen LogP contribution in [0.5, 0.6) is 0 Å². The number of rotatable bonds is 5. The average Bonchev–Trinajstić information content (AvgIpc) is 3.32. The van der Waals surface area contributed by atoms with Gasteiger partial charge in [-0.3, -0.25) is 9.59 Å². The van der Waals surface area contributed by atoms with Crippen LogP contribution in [0.15, 0.2) is 59.0 Å². The van der Waals surface area contributed by atoms with E-state index in [1.165, 1.54) is 0 Å². The number of aromatic nitrogens is 1. The highest BCUT2D eigenvalue weighted by Crippen LogP contribution is 2.29. The molecule has 0 spiro atoms. The number of morpholine rings is 1. The van der Waals surface area contributed by atoms with E-state index in [0.29, 0.717) is 63.8 Å². The Morgan fingerprint density at radius 2 is 1.64 bits per heavy atom. The van der Waals surface area contributed by atoms with Crippen LogP contribution in [0, 0.1) is 5.92 Å². The lowest BCUT2D eigenvalue weighted by molar-refractivity contribution is -0.166. The van der Waals surface area contributed by atoms with Crippen LogP contribution in [0.25, 0.3) is 11.1 Å². The second kappa shape index (κ2) is 9.62. The van der Waals surface area contributed by atoms with E-state index in [4.69, 9.17) is 13.9 Å². The van der Waals surface area contributed by atoms with Crippen LogP contribution in [0.2, 0.25) is 0 Å². The van der Waals surface area contributed by atoms with Crippen LogP contribution in [-0.4, -0.2) is 61.2 Å². The van der Waals surface area contributed by atoms with E-state index in [9.17, 15) is 9.59 Å². The van der Waals surface area contributed by atoms with Gasteiger partial charge in [-0.2, -0.15) is 4.98 Å². The molecule has 1 amide bonds. The van der Waals surface area contributed by atoms with Gasteiger partial charge in [0.05, 0.1) is 19.1 Å². The van der Waals surface area contributed by atoms with Gasteiger partial charge in [0.25, 0.3) is 11.9 Å². The summed E-state index contributed by atoms with van der Waals surface area (Å²) in [5.74, 6) is -0.793. The molecule has 2 aromatic carbocycles. The molecule has 8 nitrogen and oxygen atoms in total. The van der Waals surface area contributed by atoms with E-state index in [-0.39, 0.29) is 17.8 Å². The Hall–Kier alpha value is -3.39. The summed E-state index contributed by atoms with van der Waals surface area (Å²) in [5, 5.41) is 0. The second-order valence-electron chi connectivity index (χ2n) is 8.39. The van der Waals surface area contributed by atoms with Gasteiger partial charge in [0.1, 0.15) is 5.52 Å². The third kappa shape index (κ3) is 4.71. The maximum atomic E-state index is 13.2. The summed E-state index contributed by atoms with van der Waals surface area (Å²) in [5.41, 5.74) is 2.26. The van der Waals surface area contributed by atoms with E-state index in [1.54, 1.807) is 4.90 Å². The number of carbonyl (C=O) groups excluding carboxylic acids is 2. The summed E-state index contributed by atoms with van der Waals surface area (Å²) in [6.07, 6.45) is 0.294. The standard InChI is InChI=1S/C25H27N3O5/c29-23(27-14-16-31-17-15-27)22(18-6-2-1-3-7-18)33-24(30)19-10-12-28(13-11-19)25-26-20-8-4-5-9-21(20)32-25/h1-9,19,22H,10-17H2. The minimum absolute atomic E-state index is 0.193. The molecule has 172 valence electrons. The van der Waals surface area contributed by atoms with Gasteiger partial charge in [-0.05, 0) is 25.0 Å². The Balaban J connectivity index is 1.24. The number of esters is 1. The fourth-order valence-electron chi connectivity index (χ4n) is 4.35. The molecule has 33 heavy (non-hydrogen) atoms. The predicted octanol–water partition coefficient (Wildman–Crippen LogP) is 3.19. The zero-order valence-electron chi connectivity index (χ0n) is 18.4. The largest absolute Gasteiger partial charge is 0.447 e. The lowest BCUT2D eigenvalue weighted by Crippen LogP contribution is -2.44. The first-order chi connectivity index (χ1) is 16.2. The highest BCUT2D eigenvalue weighted by atomic mass is 16.5. The summed E-state index contributed by atoms with van der Waals surface area (Å²) in [7, 11) is 0. The number of fused-ring (bicyclic) bond motifs is 1. The Kier molecular flexibility index (Phi) is 6.26. The topological polar surface area (TPSA) is 85.1 Å². The third-order valence-electron chi connectivity index (χ3n) is 6.26. The molecule has 0 radical (unpaired) electrons. The first-order valence-corrected chi connectivity index (χ1v) is 11.4. The predicted molar refractivity (Wildman–Crippen MR) is 122 cm³/mol. The van der Waals surface area contributed by atoms with Gasteiger partial charge >= 0.3 is 5.97 Å². The molecule has 2 aliphatic heterocycles. The number of para-hydroxylation sites is 2. The molecule has 2 saturated heterocycles. The van der Waals surface area contributed by atoms with Gasteiger partial charge in [0.15, 0.2) is 5.58 Å². The molecule has 1 unspecified atom stereocenters. The summed E-state index contributed by atoms with van der Waals surface area (Å²) in [6, 6.07) is 17.5. The highest BCUT2D eigenvalue weighted by Gasteiger charge is 2.34. The molecule has 3 aromatic rings.